The molecular formula is C15H20N4O2. The molecule has 2 rings (SSSR count). The topological polar surface area (TPSA) is 82.3 Å². The molecule has 0 amide bonds. The first-order chi connectivity index (χ1) is 10.1. The predicted octanol–water partition coefficient (Wildman–Crippen LogP) is 2.99. The van der Waals surface area contributed by atoms with E-state index < -0.39 is 0 Å². The number of hydrogen-bond acceptors (Lipinski definition) is 6. The Morgan fingerprint density at radius 1 is 1.29 bits per heavy atom. The molecule has 1 aromatic heterocycles. The lowest BCUT2D eigenvalue weighted by atomic mass is 10.3. The molecule has 1 aromatic carbocycles. The number of nitrogen functional groups attached to an aromatic ring is 1. The monoisotopic (exact) mass is 288 g/mol. The molecule has 6 heteroatoms. The number of hydrogen-bond donors (Lipinski definition) is 2. The molecule has 21 heavy (non-hydrogen) atoms. The fourth-order valence-electron chi connectivity index (χ4n) is 1.76. The zero-order chi connectivity index (χ0) is 15.2. The van der Waals surface area contributed by atoms with Crippen LogP contribution >= 0.6 is 0 Å². The largest absolute Gasteiger partial charge is 0.494 e. The highest BCUT2D eigenvalue weighted by Gasteiger charge is 2.11. The molecule has 0 radical (unpaired) electrons. The fraction of sp³-hybridized carbons (Fsp3) is 0.333. The van der Waals surface area contributed by atoms with Gasteiger partial charge >= 0.3 is 0 Å². The van der Waals surface area contributed by atoms with Gasteiger partial charge in [0, 0.05) is 11.8 Å². The number of benzene rings is 1. The molecule has 0 aliphatic carbocycles. The van der Waals surface area contributed by atoms with Crippen LogP contribution in [0.15, 0.2) is 30.6 Å². The molecule has 0 saturated carbocycles. The highest BCUT2D eigenvalue weighted by atomic mass is 16.5. The van der Waals surface area contributed by atoms with Crippen LogP contribution in [0.3, 0.4) is 0 Å². The van der Waals surface area contributed by atoms with Crippen LogP contribution in [-0.4, -0.2) is 22.7 Å². The molecule has 1 heterocycles. The van der Waals surface area contributed by atoms with E-state index in [1.165, 1.54) is 6.33 Å². The molecular weight excluding hydrogens is 268 g/mol. The van der Waals surface area contributed by atoms with Crippen molar-refractivity contribution in [3.63, 3.8) is 0 Å². The maximum Gasteiger partial charge on any atom is 0.242 e. The zero-order valence-electron chi connectivity index (χ0n) is 12.5. The minimum absolute atomic E-state index is 0.00340. The van der Waals surface area contributed by atoms with Gasteiger partial charge in [0.1, 0.15) is 17.8 Å². The van der Waals surface area contributed by atoms with Crippen molar-refractivity contribution in [3.8, 4) is 11.6 Å². The maximum absolute atomic E-state index is 6.03. The van der Waals surface area contributed by atoms with Gasteiger partial charge < -0.3 is 20.5 Å². The van der Waals surface area contributed by atoms with E-state index >= 15 is 0 Å². The Morgan fingerprint density at radius 2 is 2.10 bits per heavy atom. The van der Waals surface area contributed by atoms with E-state index in [4.69, 9.17) is 15.2 Å². The van der Waals surface area contributed by atoms with E-state index in [1.807, 2.05) is 45.0 Å². The third kappa shape index (κ3) is 3.98. The quantitative estimate of drug-likeness (QED) is 0.850. The lowest BCUT2D eigenvalue weighted by Crippen LogP contribution is -2.10. The summed E-state index contributed by atoms with van der Waals surface area (Å²) in [6.45, 7) is 6.39. The Hall–Kier alpha value is -2.50. The van der Waals surface area contributed by atoms with Crippen LogP contribution in [0.5, 0.6) is 11.6 Å². The van der Waals surface area contributed by atoms with Gasteiger partial charge in [0.15, 0.2) is 5.82 Å². The van der Waals surface area contributed by atoms with Crippen LogP contribution < -0.4 is 20.5 Å². The first-order valence-electron chi connectivity index (χ1n) is 6.87. The molecule has 0 spiro atoms. The first kappa shape index (κ1) is 14.9. The normalized spacial score (nSPS) is 10.5. The maximum atomic E-state index is 6.03. The van der Waals surface area contributed by atoms with Crippen molar-refractivity contribution in [3.05, 3.63) is 30.6 Å². The van der Waals surface area contributed by atoms with E-state index in [-0.39, 0.29) is 6.10 Å². The second kappa shape index (κ2) is 6.78. The molecule has 0 aliphatic heterocycles. The van der Waals surface area contributed by atoms with Crippen LogP contribution in [0.2, 0.25) is 0 Å². The zero-order valence-corrected chi connectivity index (χ0v) is 12.5. The smallest absolute Gasteiger partial charge is 0.242 e. The molecule has 6 nitrogen and oxygen atoms in total. The first-order valence-corrected chi connectivity index (χ1v) is 6.87. The van der Waals surface area contributed by atoms with Crippen LogP contribution in [0, 0.1) is 0 Å². The van der Waals surface area contributed by atoms with E-state index in [1.54, 1.807) is 0 Å². The lowest BCUT2D eigenvalue weighted by molar-refractivity contribution is 0.234. The molecule has 0 unspecified atom stereocenters. The Bertz CT molecular complexity index is 602. The summed E-state index contributed by atoms with van der Waals surface area (Å²) in [4.78, 5) is 8.19. The number of nitrogens with zero attached hydrogens (tertiary/aromatic N) is 2. The lowest BCUT2D eigenvalue weighted by Gasteiger charge is -2.14. The summed E-state index contributed by atoms with van der Waals surface area (Å²) in [5.74, 6) is 1.67. The Kier molecular flexibility index (Phi) is 4.81. The fourth-order valence-corrected chi connectivity index (χ4v) is 1.76. The van der Waals surface area contributed by atoms with Crippen molar-refractivity contribution in [2.24, 2.45) is 0 Å². The summed E-state index contributed by atoms with van der Waals surface area (Å²) >= 11 is 0. The van der Waals surface area contributed by atoms with Crippen LogP contribution in [0.1, 0.15) is 20.8 Å². The summed E-state index contributed by atoms with van der Waals surface area (Å²) in [5, 5.41) is 3.15. The molecule has 2 aromatic rings. The van der Waals surface area contributed by atoms with Crippen molar-refractivity contribution in [1.29, 1.82) is 0 Å². The van der Waals surface area contributed by atoms with Crippen molar-refractivity contribution in [1.82, 2.24) is 9.97 Å². The van der Waals surface area contributed by atoms with Gasteiger partial charge in [-0.2, -0.15) is 4.98 Å². The second-order valence-corrected chi connectivity index (χ2v) is 4.69. The molecule has 0 fully saturated rings. The number of rotatable bonds is 6. The van der Waals surface area contributed by atoms with Gasteiger partial charge in [-0.1, -0.05) is 6.07 Å². The number of aromatic nitrogens is 2. The summed E-state index contributed by atoms with van der Waals surface area (Å²) in [5.41, 5.74) is 7.25. The van der Waals surface area contributed by atoms with Gasteiger partial charge in [0.2, 0.25) is 5.88 Å². The highest BCUT2D eigenvalue weighted by molar-refractivity contribution is 5.72. The predicted molar refractivity (Wildman–Crippen MR) is 83.1 cm³/mol. The van der Waals surface area contributed by atoms with Crippen molar-refractivity contribution >= 4 is 17.2 Å². The van der Waals surface area contributed by atoms with Gasteiger partial charge in [0.25, 0.3) is 0 Å². The van der Waals surface area contributed by atoms with E-state index in [2.05, 4.69) is 15.3 Å². The van der Waals surface area contributed by atoms with E-state index in [9.17, 15) is 0 Å². The molecule has 112 valence electrons. The van der Waals surface area contributed by atoms with Crippen molar-refractivity contribution < 1.29 is 9.47 Å². The van der Waals surface area contributed by atoms with Gasteiger partial charge in [-0.15, -0.1) is 0 Å². The SMILES string of the molecule is CCOc1cccc(Nc2ncnc(OC(C)C)c2N)c1. The standard InChI is InChI=1S/C15H20N4O2/c1-4-20-12-7-5-6-11(8-12)19-14-13(16)15(18-9-17-14)21-10(2)3/h5-10H,4,16H2,1-3H3,(H,17,18,19). The van der Waals surface area contributed by atoms with Crippen molar-refractivity contribution in [2.75, 3.05) is 17.7 Å². The molecule has 0 bridgehead atoms. The van der Waals surface area contributed by atoms with Crippen LogP contribution in [-0.2, 0) is 0 Å². The third-order valence-corrected chi connectivity index (χ3v) is 2.60. The van der Waals surface area contributed by atoms with Crippen LogP contribution in [0.25, 0.3) is 0 Å². The Balaban J connectivity index is 2.21. The number of nitrogens with one attached hydrogen (secondary N) is 1. The Labute approximate surface area is 124 Å². The molecule has 3 N–H and O–H groups in total. The average molecular weight is 288 g/mol. The van der Waals surface area contributed by atoms with E-state index in [0.717, 1.165) is 11.4 Å². The molecule has 0 saturated heterocycles. The van der Waals surface area contributed by atoms with Gasteiger partial charge in [-0.05, 0) is 32.9 Å². The number of ether oxygens (including phenoxy) is 2. The van der Waals surface area contributed by atoms with E-state index in [0.29, 0.717) is 24.0 Å². The van der Waals surface area contributed by atoms with Crippen molar-refractivity contribution in [2.45, 2.75) is 26.9 Å². The summed E-state index contributed by atoms with van der Waals surface area (Å²) < 4.78 is 11.0. The second-order valence-electron chi connectivity index (χ2n) is 4.69. The minimum Gasteiger partial charge on any atom is -0.494 e. The third-order valence-electron chi connectivity index (χ3n) is 2.60. The molecule has 0 aliphatic rings. The summed E-state index contributed by atoms with van der Waals surface area (Å²) in [6.07, 6.45) is 1.42. The van der Waals surface area contributed by atoms with Crippen LogP contribution in [0.4, 0.5) is 17.2 Å². The van der Waals surface area contributed by atoms with Gasteiger partial charge in [-0.3, -0.25) is 0 Å². The van der Waals surface area contributed by atoms with Gasteiger partial charge in [-0.25, -0.2) is 4.98 Å². The average Bonchev–Trinajstić information content (AvgIpc) is 2.44. The summed E-state index contributed by atoms with van der Waals surface area (Å²) in [6, 6.07) is 7.59. The highest BCUT2D eigenvalue weighted by Crippen LogP contribution is 2.29. The molecule has 0 atom stereocenters. The minimum atomic E-state index is -0.00340. The number of nitrogens with two attached hydrogens (primary N) is 1. The van der Waals surface area contributed by atoms with Gasteiger partial charge in [0.05, 0.1) is 12.7 Å². The summed E-state index contributed by atoms with van der Waals surface area (Å²) in [7, 11) is 0. The Morgan fingerprint density at radius 3 is 2.81 bits per heavy atom. The number of anilines is 3.